The van der Waals surface area contributed by atoms with Gasteiger partial charge in [0.05, 0.1) is 11.3 Å². The molecule has 3 nitrogen and oxygen atoms in total. The first-order chi connectivity index (χ1) is 9.29. The van der Waals surface area contributed by atoms with Crippen LogP contribution in [-0.2, 0) is 6.54 Å². The Morgan fingerprint density at radius 3 is 2.30 bits per heavy atom. The smallest absolute Gasteiger partial charge is 0.284 e. The van der Waals surface area contributed by atoms with E-state index in [4.69, 9.17) is 0 Å². The lowest BCUT2D eigenvalue weighted by Gasteiger charge is -2.07. The van der Waals surface area contributed by atoms with Crippen LogP contribution in [0.25, 0.3) is 0 Å². The Kier molecular flexibility index (Phi) is 5.77. The monoisotopic (exact) mass is 290 g/mol. The number of alkyl halides is 3. The van der Waals surface area contributed by atoms with Gasteiger partial charge in [-0.3, -0.25) is 9.48 Å². The Bertz CT molecular complexity index is 464. The minimum Gasteiger partial charge on any atom is -0.284 e. The van der Waals surface area contributed by atoms with Crippen molar-refractivity contribution in [1.82, 2.24) is 9.78 Å². The number of carbonyl (C=O) groups excluding carboxylic acids is 1. The van der Waals surface area contributed by atoms with Gasteiger partial charge in [-0.2, -0.15) is 18.3 Å². The van der Waals surface area contributed by atoms with Crippen LogP contribution in [-0.4, -0.2) is 21.7 Å². The molecule has 0 aliphatic carbocycles. The van der Waals surface area contributed by atoms with E-state index in [0.717, 1.165) is 32.1 Å². The van der Waals surface area contributed by atoms with Crippen LogP contribution in [0.4, 0.5) is 13.2 Å². The first-order valence-corrected chi connectivity index (χ1v) is 6.94. The molecule has 0 aliphatic rings. The molecule has 0 N–H and O–H groups in total. The molecule has 6 heteroatoms. The Morgan fingerprint density at radius 1 is 1.15 bits per heavy atom. The van der Waals surface area contributed by atoms with E-state index in [2.05, 4.69) is 12.0 Å². The topological polar surface area (TPSA) is 34.9 Å². The maximum absolute atomic E-state index is 12.5. The first kappa shape index (κ1) is 16.7. The number of hydrogen-bond acceptors (Lipinski definition) is 2. The third kappa shape index (κ3) is 4.08. The van der Waals surface area contributed by atoms with Crippen molar-refractivity contribution in [2.75, 3.05) is 0 Å². The molecule has 0 bridgehead atoms. The normalized spacial score (nSPS) is 11.9. The third-order valence-corrected chi connectivity index (χ3v) is 3.34. The lowest BCUT2D eigenvalue weighted by atomic mass is 10.1. The molecule has 0 saturated heterocycles. The summed E-state index contributed by atoms with van der Waals surface area (Å²) in [5.74, 6) is -1.80. The molecular weight excluding hydrogens is 269 g/mol. The zero-order valence-corrected chi connectivity index (χ0v) is 12.2. The number of hydrogen-bond donors (Lipinski definition) is 0. The Balaban J connectivity index is 2.74. The van der Waals surface area contributed by atoms with Crippen LogP contribution in [0.3, 0.4) is 0 Å². The summed E-state index contributed by atoms with van der Waals surface area (Å²) in [7, 11) is 0. The molecule has 0 atom stereocenters. The van der Waals surface area contributed by atoms with Crippen molar-refractivity contribution >= 4 is 5.78 Å². The minimum absolute atomic E-state index is 0.151. The number of unbranched alkanes of at least 4 members (excludes halogenated alkanes) is 4. The fourth-order valence-electron chi connectivity index (χ4n) is 2.25. The van der Waals surface area contributed by atoms with Crippen LogP contribution in [0.15, 0.2) is 0 Å². The van der Waals surface area contributed by atoms with Gasteiger partial charge in [-0.05, 0) is 20.3 Å². The Hall–Kier alpha value is -1.33. The van der Waals surface area contributed by atoms with Crippen molar-refractivity contribution in [3.8, 4) is 0 Å². The molecule has 0 aliphatic heterocycles. The van der Waals surface area contributed by atoms with Crippen molar-refractivity contribution in [3.05, 3.63) is 17.0 Å². The van der Waals surface area contributed by atoms with Gasteiger partial charge in [0, 0.05) is 12.2 Å². The Labute approximate surface area is 117 Å². The number of nitrogens with zero attached hydrogens (tertiary/aromatic N) is 2. The largest absolute Gasteiger partial charge is 0.455 e. The lowest BCUT2D eigenvalue weighted by Crippen LogP contribution is -2.24. The predicted molar refractivity (Wildman–Crippen MR) is 70.8 cm³/mol. The second-order valence-corrected chi connectivity index (χ2v) is 5.01. The molecule has 1 aromatic rings. The molecule has 1 rings (SSSR count). The van der Waals surface area contributed by atoms with Crippen molar-refractivity contribution in [2.24, 2.45) is 0 Å². The van der Waals surface area contributed by atoms with Gasteiger partial charge in [0.15, 0.2) is 0 Å². The Morgan fingerprint density at radius 2 is 1.75 bits per heavy atom. The van der Waals surface area contributed by atoms with Gasteiger partial charge in [-0.25, -0.2) is 0 Å². The SMILES string of the molecule is CCCCCCCn1nc(C)c(C(=O)C(F)(F)F)c1C. The second kappa shape index (κ2) is 6.90. The van der Waals surface area contributed by atoms with Crippen LogP contribution in [0.2, 0.25) is 0 Å². The van der Waals surface area contributed by atoms with Gasteiger partial charge in [0.25, 0.3) is 5.78 Å². The highest BCUT2D eigenvalue weighted by molar-refractivity contribution is 6.02. The zero-order valence-electron chi connectivity index (χ0n) is 12.2. The van der Waals surface area contributed by atoms with E-state index in [9.17, 15) is 18.0 Å². The summed E-state index contributed by atoms with van der Waals surface area (Å²) in [6.45, 7) is 5.64. The van der Waals surface area contributed by atoms with E-state index in [1.54, 1.807) is 0 Å². The van der Waals surface area contributed by atoms with E-state index in [1.807, 2.05) is 0 Å². The fraction of sp³-hybridized carbons (Fsp3) is 0.714. The predicted octanol–water partition coefficient (Wildman–Crippen LogP) is 4.22. The number of ketones is 1. The van der Waals surface area contributed by atoms with Crippen LogP contribution < -0.4 is 0 Å². The van der Waals surface area contributed by atoms with E-state index in [1.165, 1.54) is 18.5 Å². The number of aryl methyl sites for hydroxylation is 2. The summed E-state index contributed by atoms with van der Waals surface area (Å²) in [4.78, 5) is 11.4. The van der Waals surface area contributed by atoms with Crippen LogP contribution >= 0.6 is 0 Å². The summed E-state index contributed by atoms with van der Waals surface area (Å²) in [6, 6.07) is 0. The molecule has 0 unspecified atom stereocenters. The fourth-order valence-corrected chi connectivity index (χ4v) is 2.25. The average molecular weight is 290 g/mol. The number of carbonyl (C=O) groups is 1. The van der Waals surface area contributed by atoms with Crippen molar-refractivity contribution in [2.45, 2.75) is 65.6 Å². The highest BCUT2D eigenvalue weighted by atomic mass is 19.4. The molecule has 0 saturated carbocycles. The molecule has 20 heavy (non-hydrogen) atoms. The van der Waals surface area contributed by atoms with Crippen LogP contribution in [0.5, 0.6) is 0 Å². The van der Waals surface area contributed by atoms with Gasteiger partial charge in [0.2, 0.25) is 0 Å². The standard InChI is InChI=1S/C14H21F3N2O/c1-4-5-6-7-8-9-19-11(3)12(10(2)18-19)13(20)14(15,16)17/h4-9H2,1-3H3. The van der Waals surface area contributed by atoms with Gasteiger partial charge in [-0.1, -0.05) is 32.6 Å². The van der Waals surface area contributed by atoms with Crippen molar-refractivity contribution in [3.63, 3.8) is 0 Å². The van der Waals surface area contributed by atoms with Gasteiger partial charge >= 0.3 is 6.18 Å². The van der Waals surface area contributed by atoms with Crippen molar-refractivity contribution in [1.29, 1.82) is 0 Å². The van der Waals surface area contributed by atoms with Gasteiger partial charge in [-0.15, -0.1) is 0 Å². The molecule has 114 valence electrons. The molecule has 0 amide bonds. The summed E-state index contributed by atoms with van der Waals surface area (Å²) in [6.07, 6.45) is 0.462. The van der Waals surface area contributed by atoms with E-state index in [0.29, 0.717) is 12.2 Å². The summed E-state index contributed by atoms with van der Waals surface area (Å²) < 4.78 is 39.0. The second-order valence-electron chi connectivity index (χ2n) is 5.01. The van der Waals surface area contributed by atoms with E-state index < -0.39 is 12.0 Å². The highest BCUT2D eigenvalue weighted by Gasteiger charge is 2.42. The quantitative estimate of drug-likeness (QED) is 0.557. The molecule has 1 aromatic heterocycles. The van der Waals surface area contributed by atoms with Crippen LogP contribution in [0, 0.1) is 13.8 Å². The molecule has 0 radical (unpaired) electrons. The van der Waals surface area contributed by atoms with Gasteiger partial charge in [0.1, 0.15) is 0 Å². The molecule has 0 fully saturated rings. The summed E-state index contributed by atoms with van der Waals surface area (Å²) in [5, 5.41) is 4.06. The molecular formula is C14H21F3N2O. The maximum atomic E-state index is 12.5. The van der Waals surface area contributed by atoms with E-state index in [-0.39, 0.29) is 11.3 Å². The number of halogens is 3. The molecule has 0 spiro atoms. The van der Waals surface area contributed by atoms with E-state index >= 15 is 0 Å². The van der Waals surface area contributed by atoms with Crippen molar-refractivity contribution < 1.29 is 18.0 Å². The molecule has 1 heterocycles. The molecule has 0 aromatic carbocycles. The number of Topliss-reactive ketones (excluding diaryl/α,β-unsaturated/α-hetero) is 1. The van der Waals surface area contributed by atoms with Gasteiger partial charge < -0.3 is 0 Å². The minimum atomic E-state index is -4.84. The lowest BCUT2D eigenvalue weighted by molar-refractivity contribution is -0.0886. The number of aromatic nitrogens is 2. The van der Waals surface area contributed by atoms with Crippen LogP contribution in [0.1, 0.15) is 60.8 Å². The average Bonchev–Trinajstić information content (AvgIpc) is 2.62. The summed E-state index contributed by atoms with van der Waals surface area (Å²) in [5.41, 5.74) is 0.157. The summed E-state index contributed by atoms with van der Waals surface area (Å²) >= 11 is 0. The first-order valence-electron chi connectivity index (χ1n) is 6.94. The number of rotatable bonds is 7. The highest BCUT2D eigenvalue weighted by Crippen LogP contribution is 2.25. The maximum Gasteiger partial charge on any atom is 0.455 e. The third-order valence-electron chi connectivity index (χ3n) is 3.34. The zero-order chi connectivity index (χ0) is 15.3.